The molecule has 28 heavy (non-hydrogen) atoms. The summed E-state index contributed by atoms with van der Waals surface area (Å²) in [5, 5.41) is 2.74. The summed E-state index contributed by atoms with van der Waals surface area (Å²) in [4.78, 5) is 12.3. The van der Waals surface area contributed by atoms with E-state index in [1.165, 1.54) is 24.3 Å². The first-order valence-electron chi connectivity index (χ1n) is 8.68. The fraction of sp³-hybridized carbons (Fsp3) is 0.0952. The second-order valence-electron chi connectivity index (χ2n) is 5.91. The number of hydrogen-bond donors (Lipinski definition) is 2. The van der Waals surface area contributed by atoms with Crippen molar-refractivity contribution in [2.45, 2.75) is 4.90 Å². The molecule has 3 aromatic rings. The molecule has 0 fully saturated rings. The van der Waals surface area contributed by atoms with E-state index in [-0.39, 0.29) is 10.8 Å². The zero-order valence-electron chi connectivity index (χ0n) is 15.0. The van der Waals surface area contributed by atoms with Gasteiger partial charge in [-0.05, 0) is 48.5 Å². The van der Waals surface area contributed by atoms with Crippen LogP contribution in [0.1, 0.15) is 10.4 Å². The fourth-order valence-corrected chi connectivity index (χ4v) is 3.52. The number of ether oxygens (including phenoxy) is 1. The molecule has 0 spiro atoms. The Morgan fingerprint density at radius 1 is 0.821 bits per heavy atom. The summed E-state index contributed by atoms with van der Waals surface area (Å²) in [6, 6.07) is 23.7. The molecule has 0 saturated carbocycles. The van der Waals surface area contributed by atoms with Gasteiger partial charge in [-0.3, -0.25) is 9.52 Å². The Hall–Kier alpha value is -3.32. The molecule has 3 rings (SSSR count). The van der Waals surface area contributed by atoms with Crippen LogP contribution in [0, 0.1) is 0 Å². The molecule has 0 radical (unpaired) electrons. The number of anilines is 1. The normalized spacial score (nSPS) is 10.9. The summed E-state index contributed by atoms with van der Waals surface area (Å²) in [6.07, 6.45) is 0. The zero-order valence-corrected chi connectivity index (χ0v) is 15.9. The molecule has 0 heterocycles. The van der Waals surface area contributed by atoms with Crippen molar-refractivity contribution in [1.82, 2.24) is 5.32 Å². The lowest BCUT2D eigenvalue weighted by atomic mass is 10.2. The maximum atomic E-state index is 12.4. The first kappa shape index (κ1) is 19.4. The lowest BCUT2D eigenvalue weighted by molar-refractivity contribution is 0.0947. The predicted octanol–water partition coefficient (Wildman–Crippen LogP) is 3.30. The Morgan fingerprint density at radius 2 is 1.43 bits per heavy atom. The molecule has 7 heteroatoms. The molecule has 6 nitrogen and oxygen atoms in total. The molecule has 3 aromatic carbocycles. The molecule has 0 aromatic heterocycles. The van der Waals surface area contributed by atoms with Crippen molar-refractivity contribution in [2.75, 3.05) is 17.9 Å². The van der Waals surface area contributed by atoms with Crippen LogP contribution >= 0.6 is 0 Å². The summed E-state index contributed by atoms with van der Waals surface area (Å²) < 4.78 is 32.8. The minimum Gasteiger partial charge on any atom is -0.492 e. The van der Waals surface area contributed by atoms with Crippen molar-refractivity contribution in [3.05, 3.63) is 90.5 Å². The number of para-hydroxylation sites is 2. The van der Waals surface area contributed by atoms with Crippen LogP contribution in [-0.4, -0.2) is 27.5 Å². The van der Waals surface area contributed by atoms with Crippen LogP contribution in [0.2, 0.25) is 0 Å². The Balaban J connectivity index is 1.53. The van der Waals surface area contributed by atoms with Gasteiger partial charge in [-0.1, -0.05) is 36.4 Å². The van der Waals surface area contributed by atoms with Crippen LogP contribution in [0.3, 0.4) is 0 Å². The van der Waals surface area contributed by atoms with E-state index in [0.717, 1.165) is 5.75 Å². The first-order valence-corrected chi connectivity index (χ1v) is 10.2. The molecule has 144 valence electrons. The number of nitrogens with one attached hydrogen (secondary N) is 2. The molecular weight excluding hydrogens is 376 g/mol. The molecule has 0 unspecified atom stereocenters. The Kier molecular flexibility index (Phi) is 6.29. The van der Waals surface area contributed by atoms with Gasteiger partial charge >= 0.3 is 0 Å². The Morgan fingerprint density at radius 3 is 2.07 bits per heavy atom. The quantitative estimate of drug-likeness (QED) is 0.572. The van der Waals surface area contributed by atoms with Gasteiger partial charge in [0.15, 0.2) is 0 Å². The van der Waals surface area contributed by atoms with Gasteiger partial charge in [0.2, 0.25) is 0 Å². The lowest BCUT2D eigenvalue weighted by Crippen LogP contribution is -2.28. The second-order valence-corrected chi connectivity index (χ2v) is 7.60. The summed E-state index contributed by atoms with van der Waals surface area (Å²) in [6.45, 7) is 0.673. The molecule has 0 aliphatic rings. The highest BCUT2D eigenvalue weighted by Crippen LogP contribution is 2.16. The average molecular weight is 396 g/mol. The number of sulfonamides is 1. The third kappa shape index (κ3) is 5.34. The highest BCUT2D eigenvalue weighted by atomic mass is 32.2. The van der Waals surface area contributed by atoms with Gasteiger partial charge in [0.1, 0.15) is 12.4 Å². The van der Waals surface area contributed by atoms with E-state index in [1.807, 2.05) is 30.3 Å². The number of hydrogen-bond acceptors (Lipinski definition) is 4. The monoisotopic (exact) mass is 396 g/mol. The van der Waals surface area contributed by atoms with Crippen LogP contribution < -0.4 is 14.8 Å². The Labute approximate surface area is 164 Å². The smallest absolute Gasteiger partial charge is 0.261 e. The summed E-state index contributed by atoms with van der Waals surface area (Å²) in [5.41, 5.74) is 0.848. The van der Waals surface area contributed by atoms with Crippen LogP contribution in [0.25, 0.3) is 0 Å². The molecule has 0 aliphatic carbocycles. The fourth-order valence-electron chi connectivity index (χ4n) is 2.46. The largest absolute Gasteiger partial charge is 0.492 e. The number of amides is 1. The maximum Gasteiger partial charge on any atom is 0.261 e. The predicted molar refractivity (Wildman–Crippen MR) is 108 cm³/mol. The van der Waals surface area contributed by atoms with Crippen molar-refractivity contribution < 1.29 is 17.9 Å². The minimum absolute atomic E-state index is 0.0836. The van der Waals surface area contributed by atoms with Gasteiger partial charge in [-0.15, -0.1) is 0 Å². The SMILES string of the molecule is O=C(NCCOc1ccccc1)c1ccc(S(=O)(=O)Nc2ccccc2)cc1. The molecule has 2 N–H and O–H groups in total. The van der Waals surface area contributed by atoms with E-state index < -0.39 is 10.0 Å². The van der Waals surface area contributed by atoms with E-state index in [0.29, 0.717) is 24.4 Å². The van der Waals surface area contributed by atoms with Crippen LogP contribution in [0.4, 0.5) is 5.69 Å². The number of carbonyl (C=O) groups is 1. The van der Waals surface area contributed by atoms with Gasteiger partial charge in [0.05, 0.1) is 11.4 Å². The van der Waals surface area contributed by atoms with Crippen LogP contribution in [-0.2, 0) is 10.0 Å². The van der Waals surface area contributed by atoms with Gasteiger partial charge in [0, 0.05) is 11.3 Å². The highest BCUT2D eigenvalue weighted by Gasteiger charge is 2.15. The lowest BCUT2D eigenvalue weighted by Gasteiger charge is -2.10. The molecule has 0 aliphatic heterocycles. The van der Waals surface area contributed by atoms with Crippen molar-refractivity contribution in [3.63, 3.8) is 0 Å². The highest BCUT2D eigenvalue weighted by molar-refractivity contribution is 7.92. The molecular formula is C21H20N2O4S. The number of benzene rings is 3. The molecule has 0 saturated heterocycles. The summed E-state index contributed by atoms with van der Waals surface area (Å²) in [7, 11) is -3.71. The van der Waals surface area contributed by atoms with Gasteiger partial charge in [-0.25, -0.2) is 8.42 Å². The minimum atomic E-state index is -3.71. The van der Waals surface area contributed by atoms with E-state index in [4.69, 9.17) is 4.74 Å². The van der Waals surface area contributed by atoms with E-state index in [9.17, 15) is 13.2 Å². The van der Waals surface area contributed by atoms with Crippen molar-refractivity contribution >= 4 is 21.6 Å². The number of rotatable bonds is 8. The second kappa shape index (κ2) is 9.05. The molecule has 0 bridgehead atoms. The van der Waals surface area contributed by atoms with Crippen molar-refractivity contribution in [2.24, 2.45) is 0 Å². The molecule has 1 amide bonds. The third-order valence-electron chi connectivity index (χ3n) is 3.85. The van der Waals surface area contributed by atoms with Crippen molar-refractivity contribution in [1.29, 1.82) is 0 Å². The van der Waals surface area contributed by atoms with Crippen LogP contribution in [0.15, 0.2) is 89.8 Å². The van der Waals surface area contributed by atoms with E-state index in [1.54, 1.807) is 30.3 Å². The average Bonchev–Trinajstić information content (AvgIpc) is 2.72. The number of carbonyl (C=O) groups excluding carboxylic acids is 1. The van der Waals surface area contributed by atoms with E-state index >= 15 is 0 Å². The summed E-state index contributed by atoms with van der Waals surface area (Å²) in [5.74, 6) is 0.439. The third-order valence-corrected chi connectivity index (χ3v) is 5.25. The Bertz CT molecular complexity index is 1010. The standard InChI is InChI=1S/C21H20N2O4S/c24-21(22-15-16-27-19-9-5-2-6-10-19)17-11-13-20(14-12-17)28(25,26)23-18-7-3-1-4-8-18/h1-14,23H,15-16H2,(H,22,24). The van der Waals surface area contributed by atoms with E-state index in [2.05, 4.69) is 10.0 Å². The van der Waals surface area contributed by atoms with Gasteiger partial charge in [0.25, 0.3) is 15.9 Å². The topological polar surface area (TPSA) is 84.5 Å². The van der Waals surface area contributed by atoms with Gasteiger partial charge < -0.3 is 10.1 Å². The van der Waals surface area contributed by atoms with Crippen LogP contribution in [0.5, 0.6) is 5.75 Å². The first-order chi connectivity index (χ1) is 13.5. The van der Waals surface area contributed by atoms with Crippen molar-refractivity contribution in [3.8, 4) is 5.75 Å². The zero-order chi connectivity index (χ0) is 19.8. The molecule has 0 atom stereocenters. The van der Waals surface area contributed by atoms with Gasteiger partial charge in [-0.2, -0.15) is 0 Å². The summed E-state index contributed by atoms with van der Waals surface area (Å²) >= 11 is 0. The maximum absolute atomic E-state index is 12.4.